The van der Waals surface area contributed by atoms with Crippen molar-refractivity contribution in [2.75, 3.05) is 6.54 Å². The van der Waals surface area contributed by atoms with E-state index in [0.717, 1.165) is 25.1 Å². The zero-order valence-electron chi connectivity index (χ0n) is 12.4. The number of halogens is 1. The quantitative estimate of drug-likeness (QED) is 0.781. The van der Waals surface area contributed by atoms with Crippen LogP contribution in [0.15, 0.2) is 41.2 Å². The van der Waals surface area contributed by atoms with Crippen molar-refractivity contribution in [3.8, 4) is 0 Å². The molecule has 2 aromatic carbocycles. The van der Waals surface area contributed by atoms with Crippen LogP contribution in [-0.4, -0.2) is 21.5 Å². The molecule has 0 spiro atoms. The summed E-state index contributed by atoms with van der Waals surface area (Å²) in [6.07, 6.45) is 0.937. The van der Waals surface area contributed by atoms with Crippen molar-refractivity contribution >= 4 is 10.9 Å². The zero-order chi connectivity index (χ0) is 15.8. The minimum absolute atomic E-state index is 0.249. The molecule has 2 heterocycles. The van der Waals surface area contributed by atoms with E-state index in [1.807, 2.05) is 12.1 Å². The topological polar surface area (TPSA) is 59.8 Å². The first-order valence-electron chi connectivity index (χ1n) is 7.56. The van der Waals surface area contributed by atoms with Crippen LogP contribution in [0.3, 0.4) is 0 Å². The first kappa shape index (κ1) is 14.0. The fourth-order valence-corrected chi connectivity index (χ4v) is 3.07. The molecule has 0 amide bonds. The molecule has 1 aromatic heterocycles. The lowest BCUT2D eigenvalue weighted by atomic mass is 9.95. The summed E-state index contributed by atoms with van der Waals surface area (Å²) in [4.78, 5) is 12.5. The van der Waals surface area contributed by atoms with Crippen molar-refractivity contribution in [1.29, 1.82) is 0 Å². The zero-order valence-corrected chi connectivity index (χ0v) is 12.4. The summed E-state index contributed by atoms with van der Waals surface area (Å²) in [5.41, 5.74) is 3.66. The van der Waals surface area contributed by atoms with Crippen LogP contribution >= 0.6 is 0 Å². The highest BCUT2D eigenvalue weighted by Crippen LogP contribution is 2.19. The molecule has 116 valence electrons. The van der Waals surface area contributed by atoms with Gasteiger partial charge in [-0.2, -0.15) is 0 Å². The minimum Gasteiger partial charge on any atom is -0.312 e. The number of fused-ring (bicyclic) bond motifs is 2. The maximum atomic E-state index is 13.2. The van der Waals surface area contributed by atoms with Crippen LogP contribution < -0.4 is 10.9 Å². The van der Waals surface area contributed by atoms with Gasteiger partial charge < -0.3 is 5.32 Å². The highest BCUT2D eigenvalue weighted by molar-refractivity contribution is 5.76. The van der Waals surface area contributed by atoms with Crippen LogP contribution in [0.4, 0.5) is 4.39 Å². The number of rotatable bonds is 2. The van der Waals surface area contributed by atoms with E-state index < -0.39 is 5.82 Å². The van der Waals surface area contributed by atoms with Gasteiger partial charge in [-0.25, -0.2) is 9.07 Å². The van der Waals surface area contributed by atoms with Crippen LogP contribution in [0.5, 0.6) is 0 Å². The van der Waals surface area contributed by atoms with Crippen molar-refractivity contribution in [3.05, 3.63) is 69.3 Å². The van der Waals surface area contributed by atoms with Gasteiger partial charge in [0.2, 0.25) is 0 Å². The highest BCUT2D eigenvalue weighted by Gasteiger charge is 2.14. The molecule has 1 N–H and O–H groups in total. The van der Waals surface area contributed by atoms with Crippen molar-refractivity contribution < 1.29 is 4.39 Å². The molecule has 1 aliphatic rings. The number of hydrogen-bond acceptors (Lipinski definition) is 4. The normalized spacial score (nSPS) is 14.0. The molecule has 3 aromatic rings. The van der Waals surface area contributed by atoms with Crippen LogP contribution in [0.1, 0.15) is 16.7 Å². The number of nitrogens with one attached hydrogen (secondary N) is 1. The molecule has 6 heteroatoms. The van der Waals surface area contributed by atoms with Crippen LogP contribution in [0.2, 0.25) is 0 Å². The minimum atomic E-state index is -0.423. The molecule has 23 heavy (non-hydrogen) atoms. The third-order valence-electron chi connectivity index (χ3n) is 4.24. The predicted molar refractivity (Wildman–Crippen MR) is 84.7 cm³/mol. The Labute approximate surface area is 131 Å². The van der Waals surface area contributed by atoms with E-state index in [4.69, 9.17) is 0 Å². The van der Waals surface area contributed by atoms with Gasteiger partial charge in [-0.3, -0.25) is 4.79 Å². The van der Waals surface area contributed by atoms with E-state index in [1.165, 1.54) is 34.0 Å². The molecular formula is C17H15FN4O. The summed E-state index contributed by atoms with van der Waals surface area (Å²) in [7, 11) is 0. The van der Waals surface area contributed by atoms with Gasteiger partial charge in [-0.05, 0) is 41.8 Å². The number of benzene rings is 2. The second-order valence-corrected chi connectivity index (χ2v) is 5.70. The Bertz CT molecular complexity index is 951. The SMILES string of the molecule is O=c1c2ccc(F)cc2nnn1Cc1cccc2c1CCNC2. The van der Waals surface area contributed by atoms with Crippen molar-refractivity contribution in [2.45, 2.75) is 19.5 Å². The predicted octanol–water partition coefficient (Wildman–Crippen LogP) is 1.62. The van der Waals surface area contributed by atoms with E-state index in [1.54, 1.807) is 0 Å². The summed E-state index contributed by atoms with van der Waals surface area (Å²) in [6.45, 7) is 2.16. The highest BCUT2D eigenvalue weighted by atomic mass is 19.1. The maximum Gasteiger partial charge on any atom is 0.277 e. The Morgan fingerprint density at radius 3 is 3.09 bits per heavy atom. The average molecular weight is 310 g/mol. The summed E-state index contributed by atoms with van der Waals surface area (Å²) < 4.78 is 14.6. The van der Waals surface area contributed by atoms with Gasteiger partial charge in [0, 0.05) is 12.6 Å². The third kappa shape index (κ3) is 2.51. The molecule has 0 fully saturated rings. The van der Waals surface area contributed by atoms with E-state index >= 15 is 0 Å². The van der Waals surface area contributed by atoms with Gasteiger partial charge >= 0.3 is 0 Å². The van der Waals surface area contributed by atoms with E-state index in [9.17, 15) is 9.18 Å². The fraction of sp³-hybridized carbons (Fsp3) is 0.235. The van der Waals surface area contributed by atoms with Gasteiger partial charge in [-0.15, -0.1) is 5.10 Å². The van der Waals surface area contributed by atoms with Crippen LogP contribution in [0.25, 0.3) is 10.9 Å². The molecular weight excluding hydrogens is 295 g/mol. The Morgan fingerprint density at radius 1 is 1.26 bits per heavy atom. The van der Waals surface area contributed by atoms with Gasteiger partial charge in [-0.1, -0.05) is 23.4 Å². The largest absolute Gasteiger partial charge is 0.312 e. The molecule has 0 saturated carbocycles. The third-order valence-corrected chi connectivity index (χ3v) is 4.24. The van der Waals surface area contributed by atoms with E-state index in [-0.39, 0.29) is 11.1 Å². The van der Waals surface area contributed by atoms with Crippen LogP contribution in [0, 0.1) is 5.82 Å². The molecule has 5 nitrogen and oxygen atoms in total. The summed E-state index contributed by atoms with van der Waals surface area (Å²) >= 11 is 0. The molecule has 0 saturated heterocycles. The second kappa shape index (κ2) is 5.55. The fourth-order valence-electron chi connectivity index (χ4n) is 3.07. The summed E-state index contributed by atoms with van der Waals surface area (Å²) in [5.74, 6) is -0.423. The molecule has 0 radical (unpaired) electrons. The second-order valence-electron chi connectivity index (χ2n) is 5.70. The maximum absolute atomic E-state index is 13.2. The Kier molecular flexibility index (Phi) is 3.38. The molecule has 4 rings (SSSR count). The van der Waals surface area contributed by atoms with Gasteiger partial charge in [0.1, 0.15) is 11.3 Å². The summed E-state index contributed by atoms with van der Waals surface area (Å²) in [6, 6.07) is 10.1. The van der Waals surface area contributed by atoms with Gasteiger partial charge in [0.25, 0.3) is 5.56 Å². The number of aromatic nitrogens is 3. The van der Waals surface area contributed by atoms with Gasteiger partial charge in [0.15, 0.2) is 0 Å². The lowest BCUT2D eigenvalue weighted by molar-refractivity contribution is 0.584. The monoisotopic (exact) mass is 310 g/mol. The standard InChI is InChI=1S/C17H15FN4O/c18-13-4-5-15-16(8-13)20-21-22(17(15)23)10-12-3-1-2-11-9-19-7-6-14(11)12/h1-5,8,19H,6-7,9-10H2. The van der Waals surface area contributed by atoms with E-state index in [0.29, 0.717) is 11.9 Å². The van der Waals surface area contributed by atoms with Crippen molar-refractivity contribution in [1.82, 2.24) is 20.3 Å². The van der Waals surface area contributed by atoms with E-state index in [2.05, 4.69) is 21.7 Å². The molecule has 0 unspecified atom stereocenters. The smallest absolute Gasteiger partial charge is 0.277 e. The van der Waals surface area contributed by atoms with Crippen molar-refractivity contribution in [2.24, 2.45) is 0 Å². The first-order chi connectivity index (χ1) is 11.2. The lowest BCUT2D eigenvalue weighted by Crippen LogP contribution is -2.28. The molecule has 0 atom stereocenters. The lowest BCUT2D eigenvalue weighted by Gasteiger charge is -2.20. The molecule has 0 aliphatic carbocycles. The average Bonchev–Trinajstić information content (AvgIpc) is 2.57. The van der Waals surface area contributed by atoms with Crippen LogP contribution in [-0.2, 0) is 19.5 Å². The number of nitrogens with zero attached hydrogens (tertiary/aromatic N) is 3. The summed E-state index contributed by atoms with van der Waals surface area (Å²) in [5, 5.41) is 11.7. The Balaban J connectivity index is 1.78. The molecule has 1 aliphatic heterocycles. The Morgan fingerprint density at radius 2 is 2.17 bits per heavy atom. The van der Waals surface area contributed by atoms with Gasteiger partial charge in [0.05, 0.1) is 11.9 Å². The van der Waals surface area contributed by atoms with Crippen molar-refractivity contribution in [3.63, 3.8) is 0 Å². The first-order valence-corrected chi connectivity index (χ1v) is 7.56. The molecule has 0 bridgehead atoms. The number of hydrogen-bond donors (Lipinski definition) is 1. The Hall–Kier alpha value is -2.60.